The van der Waals surface area contributed by atoms with Crippen LogP contribution in [0.15, 0.2) is 115 Å². The van der Waals surface area contributed by atoms with Crippen molar-refractivity contribution >= 4 is 39.1 Å². The third-order valence-corrected chi connectivity index (χ3v) is 10.4. The summed E-state index contributed by atoms with van der Waals surface area (Å²) in [4.78, 5) is 5.26. The number of hydrogen-bond donors (Lipinski definition) is 2. The van der Waals surface area contributed by atoms with Crippen LogP contribution in [0, 0.1) is 5.92 Å². The molecule has 7 rings (SSSR count). The summed E-state index contributed by atoms with van der Waals surface area (Å²) in [6.45, 7) is 0. The molecule has 0 saturated heterocycles. The van der Waals surface area contributed by atoms with Crippen molar-refractivity contribution < 1.29 is 13.5 Å². The zero-order chi connectivity index (χ0) is 31.1. The average Bonchev–Trinajstić information content (AvgIpc) is 3.78. The highest BCUT2D eigenvalue weighted by Gasteiger charge is 2.33. The lowest BCUT2D eigenvalue weighted by Crippen LogP contribution is -2.29. The van der Waals surface area contributed by atoms with Gasteiger partial charge in [-0.05, 0) is 77.9 Å². The molecule has 2 heterocycles. The van der Waals surface area contributed by atoms with E-state index in [0.717, 1.165) is 51.7 Å². The SMILES string of the molecule is O=S1(=O)NC(O)=CN1c1ccc(-n2cc(-c3ccc(Cl)cc3Cl)nc2C(c2ccc(-c3ccccc3)cc2)C2CCCC2)cc1. The summed E-state index contributed by atoms with van der Waals surface area (Å²) in [6.07, 6.45) is 7.68. The molecule has 1 fully saturated rings. The molecule has 2 N–H and O–H groups in total. The van der Waals surface area contributed by atoms with E-state index in [-0.39, 0.29) is 5.92 Å². The van der Waals surface area contributed by atoms with Crippen molar-refractivity contribution in [3.05, 3.63) is 137 Å². The summed E-state index contributed by atoms with van der Waals surface area (Å²) in [5.74, 6) is 0.865. The topological polar surface area (TPSA) is 87.5 Å². The summed E-state index contributed by atoms with van der Waals surface area (Å²) in [7, 11) is -3.90. The minimum absolute atomic E-state index is 0.0138. The molecule has 7 nitrogen and oxygen atoms in total. The van der Waals surface area contributed by atoms with E-state index in [1.165, 1.54) is 24.0 Å². The first kappa shape index (κ1) is 29.5. The van der Waals surface area contributed by atoms with E-state index in [9.17, 15) is 13.5 Å². The van der Waals surface area contributed by atoms with Crippen LogP contribution in [0.5, 0.6) is 0 Å². The largest absolute Gasteiger partial charge is 0.493 e. The normalized spacial score (nSPS) is 16.8. The van der Waals surface area contributed by atoms with E-state index in [1.807, 2.05) is 42.6 Å². The zero-order valence-corrected chi connectivity index (χ0v) is 26.5. The zero-order valence-electron chi connectivity index (χ0n) is 24.1. The molecule has 45 heavy (non-hydrogen) atoms. The number of imidazole rings is 1. The molecule has 1 atom stereocenters. The number of nitrogens with one attached hydrogen (secondary N) is 1. The van der Waals surface area contributed by atoms with Gasteiger partial charge in [0.25, 0.3) is 0 Å². The Bertz CT molecular complexity index is 1990. The summed E-state index contributed by atoms with van der Waals surface area (Å²) in [5.41, 5.74) is 6.22. The number of rotatable bonds is 7. The molecule has 1 saturated carbocycles. The summed E-state index contributed by atoms with van der Waals surface area (Å²) in [5, 5.41) is 10.8. The van der Waals surface area contributed by atoms with Gasteiger partial charge in [-0.1, -0.05) is 90.6 Å². The maximum Gasteiger partial charge on any atom is 0.330 e. The second-order valence-electron chi connectivity index (χ2n) is 11.4. The van der Waals surface area contributed by atoms with Gasteiger partial charge < -0.3 is 9.67 Å². The average molecular weight is 658 g/mol. The van der Waals surface area contributed by atoms with E-state index in [4.69, 9.17) is 28.2 Å². The van der Waals surface area contributed by atoms with Crippen LogP contribution in [-0.4, -0.2) is 23.1 Å². The van der Waals surface area contributed by atoms with E-state index in [2.05, 4.69) is 45.7 Å². The fourth-order valence-corrected chi connectivity index (χ4v) is 8.00. The number of aromatic nitrogens is 2. The highest BCUT2D eigenvalue weighted by atomic mass is 35.5. The Labute approximate surface area is 272 Å². The summed E-state index contributed by atoms with van der Waals surface area (Å²) in [6, 6.07) is 31.7. The third kappa shape index (κ3) is 5.81. The quantitative estimate of drug-likeness (QED) is 0.183. The molecule has 4 aromatic carbocycles. The van der Waals surface area contributed by atoms with E-state index >= 15 is 0 Å². The van der Waals surface area contributed by atoms with E-state index in [1.54, 1.807) is 24.3 Å². The molecule has 0 amide bonds. The minimum Gasteiger partial charge on any atom is -0.493 e. The van der Waals surface area contributed by atoms with Gasteiger partial charge in [-0.25, -0.2) is 14.0 Å². The Morgan fingerprint density at radius 3 is 2.16 bits per heavy atom. The maximum absolute atomic E-state index is 12.5. The van der Waals surface area contributed by atoms with Crippen molar-refractivity contribution in [3.63, 3.8) is 0 Å². The molecule has 0 radical (unpaired) electrons. The number of nitrogens with zero attached hydrogens (tertiary/aromatic N) is 3. The second-order valence-corrected chi connectivity index (χ2v) is 13.8. The van der Waals surface area contributed by atoms with Gasteiger partial charge in [0.2, 0.25) is 5.88 Å². The van der Waals surface area contributed by atoms with Gasteiger partial charge in [0, 0.05) is 28.4 Å². The van der Waals surface area contributed by atoms with Crippen LogP contribution < -0.4 is 9.03 Å². The Kier molecular flexibility index (Phi) is 7.81. The van der Waals surface area contributed by atoms with Crippen molar-refractivity contribution in [2.75, 3.05) is 4.31 Å². The molecule has 1 aliphatic carbocycles. The van der Waals surface area contributed by atoms with Crippen molar-refractivity contribution in [1.29, 1.82) is 0 Å². The highest BCUT2D eigenvalue weighted by molar-refractivity contribution is 7.91. The van der Waals surface area contributed by atoms with Gasteiger partial charge in [0.15, 0.2) is 0 Å². The first-order chi connectivity index (χ1) is 21.8. The minimum atomic E-state index is -3.90. The van der Waals surface area contributed by atoms with E-state index in [0.29, 0.717) is 21.7 Å². The third-order valence-electron chi connectivity index (χ3n) is 8.58. The van der Waals surface area contributed by atoms with Gasteiger partial charge in [0.1, 0.15) is 5.82 Å². The van der Waals surface area contributed by atoms with Crippen LogP contribution >= 0.6 is 23.2 Å². The standard InChI is InChI=1S/C35H30Cl2N4O3S/c36-27-14-19-30(31(37)20-27)32-21-40(28-15-17-29(18-16-28)41-22-33(42)39-45(41,43)44)35(38-32)34(25-8-4-5-9-25)26-12-10-24(11-13-26)23-6-2-1-3-7-23/h1-3,6-7,10-22,25,34,39,42H,4-5,8-9H2. The molecule has 10 heteroatoms. The first-order valence-corrected chi connectivity index (χ1v) is 17.0. The molecule has 1 aromatic heterocycles. The number of halogens is 2. The predicted molar refractivity (Wildman–Crippen MR) is 180 cm³/mol. The lowest BCUT2D eigenvalue weighted by molar-refractivity contribution is 0.392. The van der Waals surface area contributed by atoms with Gasteiger partial charge in [-0.2, -0.15) is 8.42 Å². The Morgan fingerprint density at radius 2 is 1.51 bits per heavy atom. The maximum atomic E-state index is 12.5. The molecular weight excluding hydrogens is 627 g/mol. The fourth-order valence-electron chi connectivity index (χ4n) is 6.45. The van der Waals surface area contributed by atoms with Gasteiger partial charge in [-0.15, -0.1) is 0 Å². The number of benzene rings is 4. The number of aliphatic hydroxyl groups is 1. The molecule has 2 aliphatic rings. The van der Waals surface area contributed by atoms with Gasteiger partial charge >= 0.3 is 10.2 Å². The van der Waals surface area contributed by atoms with Crippen molar-refractivity contribution in [1.82, 2.24) is 14.3 Å². The van der Waals surface area contributed by atoms with Crippen LogP contribution in [0.1, 0.15) is 43.0 Å². The molecule has 5 aromatic rings. The Balaban J connectivity index is 1.35. The molecule has 0 spiro atoms. The van der Waals surface area contributed by atoms with Crippen molar-refractivity contribution in [2.45, 2.75) is 31.6 Å². The van der Waals surface area contributed by atoms with Crippen LogP contribution in [-0.2, 0) is 10.2 Å². The lowest BCUT2D eigenvalue weighted by atomic mass is 9.83. The predicted octanol–water partition coefficient (Wildman–Crippen LogP) is 8.85. The van der Waals surface area contributed by atoms with Crippen LogP contribution in [0.2, 0.25) is 10.0 Å². The Hall–Kier alpha value is -4.24. The summed E-state index contributed by atoms with van der Waals surface area (Å²) < 4.78 is 30.1. The van der Waals surface area contributed by atoms with Gasteiger partial charge in [0.05, 0.1) is 22.6 Å². The van der Waals surface area contributed by atoms with Gasteiger partial charge in [-0.3, -0.25) is 0 Å². The second kappa shape index (κ2) is 11.9. The molecular formula is C35H30Cl2N4O3S. The van der Waals surface area contributed by atoms with Crippen LogP contribution in [0.4, 0.5) is 5.69 Å². The fraction of sp³-hybridized carbons (Fsp3) is 0.171. The first-order valence-electron chi connectivity index (χ1n) is 14.8. The van der Waals surface area contributed by atoms with Crippen molar-refractivity contribution in [2.24, 2.45) is 5.92 Å². The molecule has 1 aliphatic heterocycles. The monoisotopic (exact) mass is 656 g/mol. The molecule has 0 bridgehead atoms. The van der Waals surface area contributed by atoms with Crippen LogP contribution in [0.25, 0.3) is 28.1 Å². The number of anilines is 1. The van der Waals surface area contributed by atoms with Crippen LogP contribution in [0.3, 0.4) is 0 Å². The van der Waals surface area contributed by atoms with Crippen molar-refractivity contribution in [3.8, 4) is 28.1 Å². The molecule has 1 unspecified atom stereocenters. The number of aliphatic hydroxyl groups excluding tert-OH is 1. The Morgan fingerprint density at radius 1 is 0.844 bits per heavy atom. The number of hydrogen-bond acceptors (Lipinski definition) is 4. The molecule has 228 valence electrons. The smallest absolute Gasteiger partial charge is 0.330 e. The summed E-state index contributed by atoms with van der Waals surface area (Å²) >= 11 is 12.9. The highest BCUT2D eigenvalue weighted by Crippen LogP contribution is 2.43. The lowest BCUT2D eigenvalue weighted by Gasteiger charge is -2.25. The van der Waals surface area contributed by atoms with E-state index < -0.39 is 16.1 Å².